The van der Waals surface area contributed by atoms with E-state index in [-0.39, 0.29) is 5.78 Å². The summed E-state index contributed by atoms with van der Waals surface area (Å²) in [5, 5.41) is 19.1. The Morgan fingerprint density at radius 2 is 0.812 bits per heavy atom. The van der Waals surface area contributed by atoms with Crippen LogP contribution in [-0.4, -0.2) is 5.78 Å². The SMILES string of the molecule is N#CN(c1ccccc1)c1ccc(C(=O)c2ccc(N(C#N)c3ccccc3)cc2)cc1. The van der Waals surface area contributed by atoms with Gasteiger partial charge in [0.1, 0.15) is 0 Å². The van der Waals surface area contributed by atoms with Gasteiger partial charge in [-0.1, -0.05) is 36.4 Å². The van der Waals surface area contributed by atoms with Crippen molar-refractivity contribution in [2.75, 3.05) is 9.80 Å². The molecule has 5 heteroatoms. The van der Waals surface area contributed by atoms with Gasteiger partial charge in [-0.25, -0.2) is 9.80 Å². The molecule has 5 nitrogen and oxygen atoms in total. The van der Waals surface area contributed by atoms with Crippen LogP contribution in [-0.2, 0) is 0 Å². The monoisotopic (exact) mass is 414 g/mol. The van der Waals surface area contributed by atoms with Gasteiger partial charge in [0.05, 0.1) is 22.7 Å². The number of nitrogens with zero attached hydrogens (tertiary/aromatic N) is 4. The largest absolute Gasteiger partial charge is 0.289 e. The number of hydrogen-bond acceptors (Lipinski definition) is 5. The van der Waals surface area contributed by atoms with E-state index >= 15 is 0 Å². The van der Waals surface area contributed by atoms with Crippen molar-refractivity contribution in [3.63, 3.8) is 0 Å². The maximum Gasteiger partial charge on any atom is 0.193 e. The predicted octanol–water partition coefficient (Wildman–Crippen LogP) is 6.16. The Balaban J connectivity index is 1.53. The lowest BCUT2D eigenvalue weighted by Gasteiger charge is -2.16. The Bertz CT molecular complexity index is 1180. The molecule has 0 aliphatic heterocycles. The lowest BCUT2D eigenvalue weighted by molar-refractivity contribution is 0.103. The summed E-state index contributed by atoms with van der Waals surface area (Å²) >= 11 is 0. The summed E-state index contributed by atoms with van der Waals surface area (Å²) in [7, 11) is 0. The average Bonchev–Trinajstić information content (AvgIpc) is 2.87. The van der Waals surface area contributed by atoms with E-state index in [1.807, 2.05) is 60.7 Å². The number of carbonyl (C=O) groups excluding carboxylic acids is 1. The highest BCUT2D eigenvalue weighted by molar-refractivity contribution is 6.09. The van der Waals surface area contributed by atoms with Gasteiger partial charge in [0.2, 0.25) is 0 Å². The first-order valence-corrected chi connectivity index (χ1v) is 9.96. The number of benzene rings is 4. The number of nitriles is 2. The van der Waals surface area contributed by atoms with Gasteiger partial charge in [-0.15, -0.1) is 0 Å². The second kappa shape index (κ2) is 9.30. The van der Waals surface area contributed by atoms with Gasteiger partial charge in [0.15, 0.2) is 18.2 Å². The van der Waals surface area contributed by atoms with Gasteiger partial charge in [-0.3, -0.25) is 4.79 Å². The molecule has 32 heavy (non-hydrogen) atoms. The number of para-hydroxylation sites is 2. The number of ketones is 1. The van der Waals surface area contributed by atoms with Gasteiger partial charge in [0.25, 0.3) is 0 Å². The molecule has 4 aromatic carbocycles. The molecule has 0 aliphatic carbocycles. The quantitative estimate of drug-likeness (QED) is 0.215. The Labute approximate surface area is 186 Å². The van der Waals surface area contributed by atoms with Crippen LogP contribution in [0.4, 0.5) is 22.7 Å². The molecular weight excluding hydrogens is 396 g/mol. The van der Waals surface area contributed by atoms with E-state index in [1.165, 1.54) is 9.80 Å². The maximum atomic E-state index is 12.9. The summed E-state index contributed by atoms with van der Waals surface area (Å²) < 4.78 is 0. The van der Waals surface area contributed by atoms with E-state index < -0.39 is 0 Å². The summed E-state index contributed by atoms with van der Waals surface area (Å²) in [5.74, 6) is -0.130. The van der Waals surface area contributed by atoms with Crippen LogP contribution in [0.2, 0.25) is 0 Å². The van der Waals surface area contributed by atoms with Gasteiger partial charge < -0.3 is 0 Å². The molecule has 0 bridgehead atoms. The molecule has 0 aliphatic rings. The fourth-order valence-corrected chi connectivity index (χ4v) is 3.37. The van der Waals surface area contributed by atoms with Crippen LogP contribution in [0.3, 0.4) is 0 Å². The van der Waals surface area contributed by atoms with Gasteiger partial charge in [0, 0.05) is 11.1 Å². The van der Waals surface area contributed by atoms with Crippen LogP contribution in [0.1, 0.15) is 15.9 Å². The topological polar surface area (TPSA) is 71.1 Å². The van der Waals surface area contributed by atoms with E-state index in [9.17, 15) is 15.3 Å². The third-order valence-corrected chi connectivity index (χ3v) is 5.00. The molecule has 0 fully saturated rings. The fourth-order valence-electron chi connectivity index (χ4n) is 3.37. The van der Waals surface area contributed by atoms with E-state index in [4.69, 9.17) is 0 Å². The normalized spacial score (nSPS) is 9.94. The first-order chi connectivity index (χ1) is 15.7. The van der Waals surface area contributed by atoms with Crippen molar-refractivity contribution < 1.29 is 4.79 Å². The Kier molecular flexibility index (Phi) is 5.93. The molecule has 0 atom stereocenters. The van der Waals surface area contributed by atoms with Crippen LogP contribution in [0, 0.1) is 22.9 Å². The van der Waals surface area contributed by atoms with Crippen LogP contribution in [0.15, 0.2) is 109 Å². The molecule has 0 spiro atoms. The minimum atomic E-state index is -0.130. The second-order valence-electron chi connectivity index (χ2n) is 6.96. The van der Waals surface area contributed by atoms with Crippen LogP contribution < -0.4 is 9.80 Å². The molecule has 152 valence electrons. The summed E-state index contributed by atoms with van der Waals surface area (Å²) in [6.45, 7) is 0. The molecule has 0 saturated heterocycles. The van der Waals surface area contributed by atoms with Crippen molar-refractivity contribution >= 4 is 28.5 Å². The van der Waals surface area contributed by atoms with E-state index in [0.29, 0.717) is 22.5 Å². The number of anilines is 4. The Morgan fingerprint density at radius 3 is 1.12 bits per heavy atom. The lowest BCUT2D eigenvalue weighted by atomic mass is 10.0. The van der Waals surface area contributed by atoms with Crippen molar-refractivity contribution in [1.82, 2.24) is 0 Å². The van der Waals surface area contributed by atoms with Crippen LogP contribution in [0.5, 0.6) is 0 Å². The number of carbonyl (C=O) groups is 1. The zero-order valence-electron chi connectivity index (χ0n) is 17.1. The average molecular weight is 414 g/mol. The predicted molar refractivity (Wildman–Crippen MR) is 125 cm³/mol. The molecule has 4 aromatic rings. The number of rotatable bonds is 6. The van der Waals surface area contributed by atoms with E-state index in [2.05, 4.69) is 12.4 Å². The first-order valence-electron chi connectivity index (χ1n) is 9.96. The Hall–Kier alpha value is -4.87. The van der Waals surface area contributed by atoms with Crippen molar-refractivity contribution in [2.24, 2.45) is 0 Å². The first kappa shape index (κ1) is 20.4. The fraction of sp³-hybridized carbons (Fsp3) is 0. The maximum absolute atomic E-state index is 12.9. The highest BCUT2D eigenvalue weighted by Gasteiger charge is 2.14. The number of hydrogen-bond donors (Lipinski definition) is 0. The molecule has 0 heterocycles. The standard InChI is InChI=1S/C27H18N4O/c28-19-30(23-7-3-1-4-8-23)25-15-11-21(12-16-25)27(32)22-13-17-26(18-14-22)31(20-29)24-9-5-2-6-10-24/h1-18H. The van der Waals surface area contributed by atoms with Crippen LogP contribution >= 0.6 is 0 Å². The third-order valence-electron chi connectivity index (χ3n) is 5.00. The molecule has 0 amide bonds. The zero-order valence-corrected chi connectivity index (χ0v) is 17.1. The van der Waals surface area contributed by atoms with Crippen molar-refractivity contribution in [3.05, 3.63) is 120 Å². The van der Waals surface area contributed by atoms with Crippen molar-refractivity contribution in [1.29, 1.82) is 10.5 Å². The van der Waals surface area contributed by atoms with Gasteiger partial charge >= 0.3 is 0 Å². The third kappa shape index (κ3) is 4.18. The molecule has 4 rings (SSSR count). The van der Waals surface area contributed by atoms with Crippen LogP contribution in [0.25, 0.3) is 0 Å². The molecule has 0 saturated carbocycles. The molecule has 0 aromatic heterocycles. The Morgan fingerprint density at radius 1 is 0.500 bits per heavy atom. The molecule has 0 N–H and O–H groups in total. The highest BCUT2D eigenvalue weighted by Crippen LogP contribution is 2.27. The minimum Gasteiger partial charge on any atom is -0.289 e. The summed E-state index contributed by atoms with van der Waals surface area (Å²) in [5.41, 5.74) is 3.91. The molecule has 0 radical (unpaired) electrons. The van der Waals surface area contributed by atoms with Crippen molar-refractivity contribution in [2.45, 2.75) is 0 Å². The van der Waals surface area contributed by atoms with E-state index in [1.54, 1.807) is 48.5 Å². The minimum absolute atomic E-state index is 0.130. The van der Waals surface area contributed by atoms with Gasteiger partial charge in [-0.2, -0.15) is 10.5 Å². The molecular formula is C27H18N4O. The zero-order chi connectivity index (χ0) is 22.3. The summed E-state index contributed by atoms with van der Waals surface area (Å²) in [4.78, 5) is 15.9. The molecule has 0 unspecified atom stereocenters. The summed E-state index contributed by atoms with van der Waals surface area (Å²) in [6, 6.07) is 32.5. The highest BCUT2D eigenvalue weighted by atomic mass is 16.1. The van der Waals surface area contributed by atoms with Crippen molar-refractivity contribution in [3.8, 4) is 12.4 Å². The lowest BCUT2D eigenvalue weighted by Crippen LogP contribution is -2.10. The second-order valence-corrected chi connectivity index (χ2v) is 6.96. The van der Waals surface area contributed by atoms with Gasteiger partial charge in [-0.05, 0) is 72.8 Å². The smallest absolute Gasteiger partial charge is 0.193 e. The summed E-state index contributed by atoms with van der Waals surface area (Å²) in [6.07, 6.45) is 4.34. The van der Waals surface area contributed by atoms with E-state index in [0.717, 1.165) is 11.4 Å².